The Morgan fingerprint density at radius 3 is 2.53 bits per heavy atom. The van der Waals surface area contributed by atoms with Gasteiger partial charge in [0.25, 0.3) is 0 Å². The van der Waals surface area contributed by atoms with E-state index in [1.807, 2.05) is 12.1 Å². The number of methoxy groups -OCH3 is 1. The number of rotatable bonds is 3. The second kappa shape index (κ2) is 4.65. The average Bonchev–Trinajstić information content (AvgIpc) is 2.39. The molecule has 4 heteroatoms. The number of carbonyl (C=O) groups is 1. The van der Waals surface area contributed by atoms with Crippen LogP contribution >= 0.6 is 0 Å². The van der Waals surface area contributed by atoms with Crippen LogP contribution < -0.4 is 4.74 Å². The van der Waals surface area contributed by atoms with Gasteiger partial charge in [-0.1, -0.05) is 12.1 Å². The molecule has 1 aromatic carbocycles. The number of hydrogen-bond acceptors (Lipinski definition) is 3. The molecule has 17 heavy (non-hydrogen) atoms. The molecular formula is C13H11NO3. The van der Waals surface area contributed by atoms with Crippen molar-refractivity contribution in [2.45, 2.75) is 0 Å². The van der Waals surface area contributed by atoms with Crippen molar-refractivity contribution >= 4 is 5.97 Å². The summed E-state index contributed by atoms with van der Waals surface area (Å²) in [6.07, 6.45) is 3.02. The fourth-order valence-electron chi connectivity index (χ4n) is 1.58. The summed E-state index contributed by atoms with van der Waals surface area (Å²) in [5.41, 5.74) is 1.64. The molecule has 4 nitrogen and oxygen atoms in total. The van der Waals surface area contributed by atoms with Gasteiger partial charge in [-0.15, -0.1) is 0 Å². The lowest BCUT2D eigenvalue weighted by molar-refractivity contribution is 0.0697. The van der Waals surface area contributed by atoms with Gasteiger partial charge >= 0.3 is 5.97 Å². The SMILES string of the molecule is COc1ccc(-c2cnccc2C(=O)O)cc1. The lowest BCUT2D eigenvalue weighted by Crippen LogP contribution is -1.99. The summed E-state index contributed by atoms with van der Waals surface area (Å²) < 4.78 is 5.05. The topological polar surface area (TPSA) is 59.4 Å². The van der Waals surface area contributed by atoms with Crippen LogP contribution in [0.1, 0.15) is 10.4 Å². The second-order valence-electron chi connectivity index (χ2n) is 3.45. The van der Waals surface area contributed by atoms with Crippen molar-refractivity contribution < 1.29 is 14.6 Å². The Bertz CT molecular complexity index is 535. The number of carboxylic acids is 1. The van der Waals surface area contributed by atoms with Crippen molar-refractivity contribution in [3.05, 3.63) is 48.3 Å². The van der Waals surface area contributed by atoms with Crippen LogP contribution in [-0.4, -0.2) is 23.2 Å². The number of aromatic nitrogens is 1. The quantitative estimate of drug-likeness (QED) is 0.878. The number of aromatic carboxylic acids is 1. The molecule has 2 rings (SSSR count). The fraction of sp³-hybridized carbons (Fsp3) is 0.0769. The summed E-state index contributed by atoms with van der Waals surface area (Å²) in [5, 5.41) is 9.08. The highest BCUT2D eigenvalue weighted by Gasteiger charge is 2.11. The van der Waals surface area contributed by atoms with E-state index < -0.39 is 5.97 Å². The zero-order chi connectivity index (χ0) is 12.3. The predicted octanol–water partition coefficient (Wildman–Crippen LogP) is 2.46. The lowest BCUT2D eigenvalue weighted by Gasteiger charge is -2.06. The van der Waals surface area contributed by atoms with Gasteiger partial charge in [0.1, 0.15) is 5.75 Å². The highest BCUT2D eigenvalue weighted by atomic mass is 16.5. The van der Waals surface area contributed by atoms with E-state index in [0.717, 1.165) is 11.3 Å². The first kappa shape index (κ1) is 11.1. The molecule has 0 spiro atoms. The van der Waals surface area contributed by atoms with Crippen molar-refractivity contribution in [2.24, 2.45) is 0 Å². The summed E-state index contributed by atoms with van der Waals surface area (Å²) in [5.74, 6) is -0.229. The van der Waals surface area contributed by atoms with Crippen LogP contribution in [0.3, 0.4) is 0 Å². The van der Waals surface area contributed by atoms with Gasteiger partial charge in [0, 0.05) is 18.0 Å². The van der Waals surface area contributed by atoms with Crippen LogP contribution in [0.4, 0.5) is 0 Å². The Hall–Kier alpha value is -2.36. The van der Waals surface area contributed by atoms with Crippen LogP contribution in [0.2, 0.25) is 0 Å². The molecule has 0 saturated heterocycles. The van der Waals surface area contributed by atoms with Crippen molar-refractivity contribution in [1.29, 1.82) is 0 Å². The van der Waals surface area contributed by atoms with Crippen molar-refractivity contribution in [3.63, 3.8) is 0 Å². The third kappa shape index (κ3) is 2.25. The van der Waals surface area contributed by atoms with E-state index in [1.54, 1.807) is 25.4 Å². The molecule has 0 bridgehead atoms. The molecule has 1 N–H and O–H groups in total. The minimum atomic E-state index is -0.960. The number of carboxylic acid groups (broad SMARTS) is 1. The van der Waals surface area contributed by atoms with Crippen LogP contribution in [0, 0.1) is 0 Å². The molecule has 2 aromatic rings. The minimum Gasteiger partial charge on any atom is -0.497 e. The molecule has 1 heterocycles. The van der Waals surface area contributed by atoms with E-state index in [9.17, 15) is 4.79 Å². The first-order valence-corrected chi connectivity index (χ1v) is 5.04. The zero-order valence-electron chi connectivity index (χ0n) is 9.25. The summed E-state index contributed by atoms with van der Waals surface area (Å²) >= 11 is 0. The van der Waals surface area contributed by atoms with Crippen molar-refractivity contribution in [2.75, 3.05) is 7.11 Å². The van der Waals surface area contributed by atoms with Gasteiger partial charge in [-0.05, 0) is 23.8 Å². The van der Waals surface area contributed by atoms with Crippen molar-refractivity contribution in [3.8, 4) is 16.9 Å². The van der Waals surface area contributed by atoms with Gasteiger partial charge in [-0.2, -0.15) is 0 Å². The molecule has 1 aromatic heterocycles. The van der Waals surface area contributed by atoms with Gasteiger partial charge in [-0.3, -0.25) is 4.98 Å². The van der Waals surface area contributed by atoms with E-state index in [-0.39, 0.29) is 5.56 Å². The van der Waals surface area contributed by atoms with Gasteiger partial charge in [-0.25, -0.2) is 4.79 Å². The number of ether oxygens (including phenoxy) is 1. The Labute approximate surface area is 98.5 Å². The standard InChI is InChI=1S/C13H11NO3/c1-17-10-4-2-9(3-5-10)12-8-14-7-6-11(12)13(15)16/h2-8H,1H3,(H,15,16). The largest absolute Gasteiger partial charge is 0.497 e. The Morgan fingerprint density at radius 1 is 1.24 bits per heavy atom. The molecule has 0 atom stereocenters. The maximum Gasteiger partial charge on any atom is 0.336 e. The average molecular weight is 229 g/mol. The molecular weight excluding hydrogens is 218 g/mol. The van der Waals surface area contributed by atoms with Crippen LogP contribution in [-0.2, 0) is 0 Å². The summed E-state index contributed by atoms with van der Waals surface area (Å²) in [6.45, 7) is 0. The highest BCUT2D eigenvalue weighted by molar-refractivity contribution is 5.95. The van der Waals surface area contributed by atoms with E-state index in [1.165, 1.54) is 12.3 Å². The molecule has 0 fully saturated rings. The molecule has 0 aliphatic rings. The van der Waals surface area contributed by atoms with E-state index >= 15 is 0 Å². The summed E-state index contributed by atoms with van der Waals surface area (Å²) in [4.78, 5) is 15.0. The second-order valence-corrected chi connectivity index (χ2v) is 3.45. The van der Waals surface area contributed by atoms with Gasteiger partial charge in [0.2, 0.25) is 0 Å². The zero-order valence-corrected chi connectivity index (χ0v) is 9.25. The molecule has 0 aliphatic carbocycles. The number of nitrogens with zero attached hydrogens (tertiary/aromatic N) is 1. The van der Waals surface area contributed by atoms with Crippen LogP contribution in [0.5, 0.6) is 5.75 Å². The van der Waals surface area contributed by atoms with E-state index in [0.29, 0.717) is 5.56 Å². The van der Waals surface area contributed by atoms with E-state index in [4.69, 9.17) is 9.84 Å². The van der Waals surface area contributed by atoms with Gasteiger partial charge < -0.3 is 9.84 Å². The first-order chi connectivity index (χ1) is 8.22. The maximum absolute atomic E-state index is 11.1. The fourth-order valence-corrected chi connectivity index (χ4v) is 1.58. The molecule has 0 unspecified atom stereocenters. The number of pyridine rings is 1. The summed E-state index contributed by atoms with van der Waals surface area (Å²) in [6, 6.07) is 8.67. The molecule has 0 amide bonds. The van der Waals surface area contributed by atoms with E-state index in [2.05, 4.69) is 4.98 Å². The molecule has 0 saturated carbocycles. The highest BCUT2D eigenvalue weighted by Crippen LogP contribution is 2.24. The third-order valence-corrected chi connectivity index (χ3v) is 2.45. The minimum absolute atomic E-state index is 0.241. The maximum atomic E-state index is 11.1. The molecule has 86 valence electrons. The monoisotopic (exact) mass is 229 g/mol. The Balaban J connectivity index is 2.48. The van der Waals surface area contributed by atoms with Gasteiger partial charge in [0.05, 0.1) is 12.7 Å². The smallest absolute Gasteiger partial charge is 0.336 e. The molecule has 0 aliphatic heterocycles. The Kier molecular flexibility index (Phi) is 3.05. The summed E-state index contributed by atoms with van der Waals surface area (Å²) in [7, 11) is 1.59. The Morgan fingerprint density at radius 2 is 1.94 bits per heavy atom. The third-order valence-electron chi connectivity index (χ3n) is 2.45. The molecule has 0 radical (unpaired) electrons. The number of benzene rings is 1. The number of hydrogen-bond donors (Lipinski definition) is 1. The van der Waals surface area contributed by atoms with Gasteiger partial charge in [0.15, 0.2) is 0 Å². The van der Waals surface area contributed by atoms with Crippen LogP contribution in [0.25, 0.3) is 11.1 Å². The first-order valence-electron chi connectivity index (χ1n) is 5.04. The lowest BCUT2D eigenvalue weighted by atomic mass is 10.0. The predicted molar refractivity (Wildman–Crippen MR) is 63.2 cm³/mol. The van der Waals surface area contributed by atoms with Crippen molar-refractivity contribution in [1.82, 2.24) is 4.98 Å². The normalized spacial score (nSPS) is 9.94. The van der Waals surface area contributed by atoms with Crippen LogP contribution in [0.15, 0.2) is 42.7 Å².